The molecule has 200 valence electrons. The van der Waals surface area contributed by atoms with Gasteiger partial charge in [-0.3, -0.25) is 0 Å². The minimum absolute atomic E-state index is 0.826. The van der Waals surface area contributed by atoms with Crippen molar-refractivity contribution in [3.05, 3.63) is 145 Å². The molecule has 6 aromatic rings. The van der Waals surface area contributed by atoms with Gasteiger partial charge in [0.2, 0.25) is 0 Å². The largest absolute Gasteiger partial charge is 0.184 e. The molecule has 2 radical (unpaired) electrons. The van der Waals surface area contributed by atoms with Crippen molar-refractivity contribution in [2.45, 2.75) is 33.4 Å². The summed E-state index contributed by atoms with van der Waals surface area (Å²) in [7, 11) is 11.0. The van der Waals surface area contributed by atoms with Gasteiger partial charge in [-0.25, -0.2) is 0 Å². The maximum atomic E-state index is 4.93. The molecule has 39 heavy (non-hydrogen) atoms. The monoisotopic (exact) mass is 643 g/mol. The Morgan fingerprint density at radius 1 is 0.795 bits per heavy atom. The van der Waals surface area contributed by atoms with Gasteiger partial charge in [-0.1, -0.05) is 68.9 Å². The third-order valence-electron chi connectivity index (χ3n) is 5.72. The fraction of sp³-hybridized carbons (Fsp3) is 0.143. The summed E-state index contributed by atoms with van der Waals surface area (Å²) in [5.74, 6) is 0. The van der Waals surface area contributed by atoms with Crippen LogP contribution < -0.4 is 0 Å². The first-order valence-electron chi connectivity index (χ1n) is 12.9. The maximum absolute atomic E-state index is 4.93. The van der Waals surface area contributed by atoms with Gasteiger partial charge in [-0.2, -0.15) is 60.0 Å². The Labute approximate surface area is 256 Å². The van der Waals surface area contributed by atoms with Crippen LogP contribution in [0.4, 0.5) is 0 Å². The summed E-state index contributed by atoms with van der Waals surface area (Å²) in [6.07, 6.45) is 1.10. The van der Waals surface area contributed by atoms with Gasteiger partial charge in [0.1, 0.15) is 0 Å². The molecule has 0 nitrogen and oxygen atoms in total. The molecule has 6 aromatic carbocycles. The van der Waals surface area contributed by atoms with Crippen molar-refractivity contribution in [2.75, 3.05) is 0 Å². The zero-order valence-electron chi connectivity index (χ0n) is 23.1. The Balaban J connectivity index is 0.000000210. The summed E-state index contributed by atoms with van der Waals surface area (Å²) in [6.45, 7) is 8.65. The van der Waals surface area contributed by atoms with Crippen molar-refractivity contribution < 1.29 is 20.8 Å². The van der Waals surface area contributed by atoms with E-state index in [0.29, 0.717) is 0 Å². The van der Waals surface area contributed by atoms with Crippen LogP contribution >= 0.6 is 17.0 Å². The molecule has 6 rings (SSSR count). The van der Waals surface area contributed by atoms with Crippen molar-refractivity contribution in [3.63, 3.8) is 0 Å². The molecule has 0 heterocycles. The molecule has 0 saturated heterocycles. The SMILES string of the molecule is CCc1ccc(-c2cccc3[cH-]c(C)cc23)cc1.C[Si]C.[Cl][Zr][Cl].[c-]1ccccc1.c1ccc2[cH-]ccc2c1. The molecule has 0 amide bonds. The second-order valence-electron chi connectivity index (χ2n) is 8.70. The number of hydrogen-bond donors (Lipinski definition) is 0. The molecule has 0 bridgehead atoms. The molecule has 0 aromatic heterocycles. The second kappa shape index (κ2) is 19.8. The van der Waals surface area contributed by atoms with Gasteiger partial charge in [0.05, 0.1) is 0 Å². The standard InChI is InChI=1S/C18H17.C9H7.C6H5.C2H6Si.2ClH.Zr/c1-3-14-7-9-15(10-8-14)17-6-4-5-16-11-13(2)12-18(16)17;1-2-5-9-7-3-6-8(9)4-1;1-2-4-6-5-3-1;1-3-2;;;/h4-12H,3H2,1-2H3;1-7H;1-5H;1-2H3;2*1H;/q3*-1;;;;+2/p-2. The summed E-state index contributed by atoms with van der Waals surface area (Å²) in [6, 6.07) is 47.2. The molecule has 4 heteroatoms. The van der Waals surface area contributed by atoms with Crippen molar-refractivity contribution in [1.82, 2.24) is 0 Å². The number of fused-ring (bicyclic) bond motifs is 2. The summed E-state index contributed by atoms with van der Waals surface area (Å²) < 4.78 is 0. The fourth-order valence-corrected chi connectivity index (χ4v) is 3.97. The van der Waals surface area contributed by atoms with E-state index < -0.39 is 20.8 Å². The van der Waals surface area contributed by atoms with E-state index in [1.807, 2.05) is 30.3 Å². The predicted octanol–water partition coefficient (Wildman–Crippen LogP) is 11.3. The van der Waals surface area contributed by atoms with Crippen LogP contribution in [0.3, 0.4) is 0 Å². The van der Waals surface area contributed by atoms with Crippen LogP contribution in [0.2, 0.25) is 13.1 Å². The first-order chi connectivity index (χ1) is 19.1. The Hall–Kier alpha value is -2.22. The number of rotatable bonds is 2. The van der Waals surface area contributed by atoms with Crippen LogP contribution in [-0.2, 0) is 27.3 Å². The van der Waals surface area contributed by atoms with Crippen LogP contribution in [-0.4, -0.2) is 9.52 Å². The first-order valence-corrected chi connectivity index (χ1v) is 21.2. The van der Waals surface area contributed by atoms with E-state index in [2.05, 4.69) is 130 Å². The molecule has 0 aliphatic carbocycles. The molecule has 0 unspecified atom stereocenters. The van der Waals surface area contributed by atoms with Gasteiger partial charge in [0, 0.05) is 9.52 Å². The molecule has 0 saturated carbocycles. The van der Waals surface area contributed by atoms with E-state index in [0.717, 1.165) is 15.9 Å². The first kappa shape index (κ1) is 33.0. The van der Waals surface area contributed by atoms with Crippen molar-refractivity contribution in [2.24, 2.45) is 0 Å². The Morgan fingerprint density at radius 3 is 2.00 bits per heavy atom. The molecular formula is C35H35Cl2SiZr-3. The van der Waals surface area contributed by atoms with E-state index in [9.17, 15) is 0 Å². The summed E-state index contributed by atoms with van der Waals surface area (Å²) in [5, 5.41) is 5.36. The van der Waals surface area contributed by atoms with Crippen molar-refractivity contribution >= 4 is 48.1 Å². The summed E-state index contributed by atoms with van der Waals surface area (Å²) in [4.78, 5) is 0. The van der Waals surface area contributed by atoms with Gasteiger partial charge < -0.3 is 0 Å². The molecular weight excluding hydrogens is 611 g/mol. The van der Waals surface area contributed by atoms with Gasteiger partial charge >= 0.3 is 37.9 Å². The summed E-state index contributed by atoms with van der Waals surface area (Å²) in [5.41, 5.74) is 5.37. The molecule has 0 spiro atoms. The van der Waals surface area contributed by atoms with Gasteiger partial charge in [0.15, 0.2) is 0 Å². The average molecular weight is 646 g/mol. The van der Waals surface area contributed by atoms with E-state index in [4.69, 9.17) is 17.0 Å². The third-order valence-corrected chi connectivity index (χ3v) is 5.72. The van der Waals surface area contributed by atoms with Crippen LogP contribution in [0, 0.1) is 13.0 Å². The second-order valence-corrected chi connectivity index (χ2v) is 13.4. The van der Waals surface area contributed by atoms with Gasteiger partial charge in [0.25, 0.3) is 0 Å². The zero-order valence-corrected chi connectivity index (χ0v) is 28.1. The van der Waals surface area contributed by atoms with Crippen molar-refractivity contribution in [3.8, 4) is 11.1 Å². The Bertz CT molecular complexity index is 1380. The summed E-state index contributed by atoms with van der Waals surface area (Å²) >= 11 is -0.826. The van der Waals surface area contributed by atoms with E-state index in [1.165, 1.54) is 43.8 Å². The van der Waals surface area contributed by atoms with E-state index in [1.54, 1.807) is 0 Å². The van der Waals surface area contributed by atoms with Crippen LogP contribution in [0.5, 0.6) is 0 Å². The number of benzene rings is 4. The minimum atomic E-state index is -0.826. The Morgan fingerprint density at radius 2 is 1.44 bits per heavy atom. The maximum Gasteiger partial charge on any atom is -0.0809 e. The van der Waals surface area contributed by atoms with E-state index in [-0.39, 0.29) is 0 Å². The minimum Gasteiger partial charge on any atom is -0.184 e. The molecule has 0 aliphatic heterocycles. The molecule has 0 N–H and O–H groups in total. The molecule has 0 atom stereocenters. The zero-order chi connectivity index (χ0) is 28.3. The van der Waals surface area contributed by atoms with E-state index >= 15 is 0 Å². The smallest absolute Gasteiger partial charge is 0.0809 e. The predicted molar refractivity (Wildman–Crippen MR) is 173 cm³/mol. The average Bonchev–Trinajstić information content (AvgIpc) is 3.61. The van der Waals surface area contributed by atoms with Crippen LogP contribution in [0.25, 0.3) is 32.7 Å². The fourth-order valence-electron chi connectivity index (χ4n) is 3.97. The van der Waals surface area contributed by atoms with Crippen LogP contribution in [0.15, 0.2) is 127 Å². The van der Waals surface area contributed by atoms with Crippen molar-refractivity contribution in [1.29, 1.82) is 0 Å². The number of aryl methyl sites for hydroxylation is 2. The normalized spacial score (nSPS) is 9.49. The number of halogens is 2. The molecule has 0 aliphatic rings. The van der Waals surface area contributed by atoms with Gasteiger partial charge in [-0.05, 0) is 17.5 Å². The van der Waals surface area contributed by atoms with Gasteiger partial charge in [-0.15, -0.1) is 64.2 Å². The Kier molecular flexibility index (Phi) is 16.7. The number of hydrogen-bond acceptors (Lipinski definition) is 0. The molecule has 0 fully saturated rings. The quantitative estimate of drug-likeness (QED) is 0.130. The van der Waals surface area contributed by atoms with Crippen LogP contribution in [0.1, 0.15) is 18.1 Å². The third kappa shape index (κ3) is 11.8. The topological polar surface area (TPSA) is 0 Å².